The lowest BCUT2D eigenvalue weighted by Crippen LogP contribution is -2.47. The maximum absolute atomic E-state index is 12.5. The normalized spacial score (nSPS) is 19.9. The number of nitrogens with one attached hydrogen (secondary N) is 3. The summed E-state index contributed by atoms with van der Waals surface area (Å²) in [6, 6.07) is 18.0. The van der Waals surface area contributed by atoms with Crippen LogP contribution in [0.15, 0.2) is 54.6 Å². The number of H-pyrrole nitrogens is 1. The number of anilines is 1. The number of hydrogen-bond acceptors (Lipinski definition) is 2. The van der Waals surface area contributed by atoms with Crippen molar-refractivity contribution in [2.45, 2.75) is 25.3 Å². The number of aromatic nitrogens is 1. The van der Waals surface area contributed by atoms with Crippen LogP contribution in [0, 0.1) is 0 Å². The van der Waals surface area contributed by atoms with Crippen LogP contribution in [0.25, 0.3) is 10.9 Å². The molecule has 1 aliphatic rings. The Kier molecular flexibility index (Phi) is 3.62. The number of carbonyl (C=O) groups excluding carboxylic acids is 1. The van der Waals surface area contributed by atoms with Crippen LogP contribution in [0.1, 0.15) is 24.6 Å². The lowest BCUT2D eigenvalue weighted by Gasteiger charge is -2.34. The zero-order chi connectivity index (χ0) is 16.6. The Morgan fingerprint density at radius 3 is 2.71 bits per heavy atom. The zero-order valence-electron chi connectivity index (χ0n) is 13.7. The summed E-state index contributed by atoms with van der Waals surface area (Å²) in [4.78, 5) is 16.1. The molecule has 1 unspecified atom stereocenters. The molecule has 0 spiro atoms. The van der Waals surface area contributed by atoms with Crippen molar-refractivity contribution in [3.05, 3.63) is 65.9 Å². The molecule has 0 aliphatic carbocycles. The van der Waals surface area contributed by atoms with Gasteiger partial charge in [0.2, 0.25) is 5.91 Å². The number of benzene rings is 2. The van der Waals surface area contributed by atoms with Crippen LogP contribution in [0.4, 0.5) is 5.69 Å². The molecule has 4 rings (SSSR count). The highest BCUT2D eigenvalue weighted by atomic mass is 16.1. The summed E-state index contributed by atoms with van der Waals surface area (Å²) in [5, 5.41) is 7.79. The predicted molar refractivity (Wildman–Crippen MR) is 97.0 cm³/mol. The molecule has 0 radical (unpaired) electrons. The summed E-state index contributed by atoms with van der Waals surface area (Å²) < 4.78 is 0. The molecule has 1 atom stereocenters. The minimum atomic E-state index is -0.383. The first-order chi connectivity index (χ1) is 11.7. The van der Waals surface area contributed by atoms with Crippen LogP contribution in [-0.2, 0) is 16.8 Å². The van der Waals surface area contributed by atoms with Crippen LogP contribution in [-0.4, -0.2) is 17.4 Å². The number of amides is 1. The quantitative estimate of drug-likeness (QED) is 0.691. The fourth-order valence-corrected chi connectivity index (χ4v) is 3.68. The second kappa shape index (κ2) is 5.80. The Labute approximate surface area is 141 Å². The van der Waals surface area contributed by atoms with E-state index in [2.05, 4.69) is 40.7 Å². The predicted octanol–water partition coefficient (Wildman–Crippen LogP) is 3.56. The van der Waals surface area contributed by atoms with Gasteiger partial charge in [0.05, 0.1) is 12.0 Å². The molecule has 2 heterocycles. The fourth-order valence-electron chi connectivity index (χ4n) is 3.68. The number of fused-ring (bicyclic) bond motifs is 3. The minimum absolute atomic E-state index is 0.0164. The molecule has 1 aliphatic heterocycles. The van der Waals surface area contributed by atoms with Gasteiger partial charge in [0.15, 0.2) is 0 Å². The molecule has 4 heteroatoms. The molecular formula is C20H21N3O. The molecule has 3 aromatic rings. The van der Waals surface area contributed by atoms with E-state index in [9.17, 15) is 4.79 Å². The van der Waals surface area contributed by atoms with Gasteiger partial charge in [-0.25, -0.2) is 0 Å². The van der Waals surface area contributed by atoms with E-state index >= 15 is 0 Å². The van der Waals surface area contributed by atoms with E-state index in [0.29, 0.717) is 6.42 Å². The summed E-state index contributed by atoms with van der Waals surface area (Å²) in [6.45, 7) is 2.98. The number of rotatable bonds is 3. The van der Waals surface area contributed by atoms with E-state index in [1.54, 1.807) is 0 Å². The topological polar surface area (TPSA) is 56.9 Å². The third-order valence-electron chi connectivity index (χ3n) is 4.83. The van der Waals surface area contributed by atoms with Gasteiger partial charge in [-0.1, -0.05) is 36.4 Å². The molecular weight excluding hydrogens is 298 g/mol. The highest BCUT2D eigenvalue weighted by Gasteiger charge is 2.36. The maximum Gasteiger partial charge on any atom is 0.226 e. The van der Waals surface area contributed by atoms with Gasteiger partial charge in [0.1, 0.15) is 0 Å². The summed E-state index contributed by atoms with van der Waals surface area (Å²) in [5.74, 6) is 0.0164. The van der Waals surface area contributed by atoms with E-state index in [1.807, 2.05) is 36.4 Å². The van der Waals surface area contributed by atoms with Crippen LogP contribution < -0.4 is 10.6 Å². The summed E-state index contributed by atoms with van der Waals surface area (Å²) in [7, 11) is 0. The van der Waals surface area contributed by atoms with Crippen molar-refractivity contribution in [3.8, 4) is 0 Å². The maximum atomic E-state index is 12.5. The monoisotopic (exact) mass is 319 g/mol. The van der Waals surface area contributed by atoms with Crippen molar-refractivity contribution in [3.63, 3.8) is 0 Å². The van der Waals surface area contributed by atoms with Crippen LogP contribution in [0.2, 0.25) is 0 Å². The number of carbonyl (C=O) groups is 1. The first kappa shape index (κ1) is 15.0. The Morgan fingerprint density at radius 1 is 1.12 bits per heavy atom. The second-order valence-corrected chi connectivity index (χ2v) is 6.62. The summed E-state index contributed by atoms with van der Waals surface area (Å²) >= 11 is 0. The molecule has 0 saturated carbocycles. The van der Waals surface area contributed by atoms with E-state index in [4.69, 9.17) is 0 Å². The van der Waals surface area contributed by atoms with Crippen molar-refractivity contribution >= 4 is 22.5 Å². The van der Waals surface area contributed by atoms with E-state index in [-0.39, 0.29) is 11.4 Å². The standard InChI is InChI=1S/C20H21N3O/c1-20(13-18(24)22-14-7-3-2-4-8-14)19-16(11-12-21-20)15-9-5-6-10-17(15)23-19/h2-10,21,23H,11-13H2,1H3,(H,22,24). The minimum Gasteiger partial charge on any atom is -0.357 e. The van der Waals surface area contributed by atoms with E-state index in [1.165, 1.54) is 10.9 Å². The Hall–Kier alpha value is -2.59. The molecule has 0 bridgehead atoms. The summed E-state index contributed by atoms with van der Waals surface area (Å²) in [6.07, 6.45) is 1.37. The third-order valence-corrected chi connectivity index (χ3v) is 4.83. The molecule has 1 amide bonds. The zero-order valence-corrected chi connectivity index (χ0v) is 13.7. The Morgan fingerprint density at radius 2 is 1.88 bits per heavy atom. The van der Waals surface area contributed by atoms with Crippen molar-refractivity contribution in [1.29, 1.82) is 0 Å². The average molecular weight is 319 g/mol. The van der Waals surface area contributed by atoms with Gasteiger partial charge in [0.25, 0.3) is 0 Å². The van der Waals surface area contributed by atoms with Crippen molar-refractivity contribution in [2.24, 2.45) is 0 Å². The first-order valence-electron chi connectivity index (χ1n) is 8.36. The van der Waals surface area contributed by atoms with Gasteiger partial charge in [-0.15, -0.1) is 0 Å². The smallest absolute Gasteiger partial charge is 0.226 e. The molecule has 3 N–H and O–H groups in total. The summed E-state index contributed by atoms with van der Waals surface area (Å²) in [5.41, 5.74) is 4.06. The van der Waals surface area contributed by atoms with E-state index < -0.39 is 0 Å². The van der Waals surface area contributed by atoms with Crippen molar-refractivity contribution in [1.82, 2.24) is 10.3 Å². The van der Waals surface area contributed by atoms with Gasteiger partial charge in [-0.3, -0.25) is 4.79 Å². The third kappa shape index (κ3) is 2.59. The lowest BCUT2D eigenvalue weighted by molar-refractivity contribution is -0.117. The van der Waals surface area contributed by atoms with Gasteiger partial charge in [-0.05, 0) is 37.1 Å². The first-order valence-corrected chi connectivity index (χ1v) is 8.36. The van der Waals surface area contributed by atoms with Gasteiger partial charge in [0, 0.05) is 28.8 Å². The molecule has 0 fully saturated rings. The van der Waals surface area contributed by atoms with Crippen molar-refractivity contribution < 1.29 is 4.79 Å². The molecule has 24 heavy (non-hydrogen) atoms. The number of para-hydroxylation sites is 2. The van der Waals surface area contributed by atoms with Crippen LogP contribution in [0.5, 0.6) is 0 Å². The molecule has 122 valence electrons. The largest absolute Gasteiger partial charge is 0.357 e. The number of hydrogen-bond donors (Lipinski definition) is 3. The molecule has 0 saturated heterocycles. The molecule has 2 aromatic carbocycles. The average Bonchev–Trinajstić information content (AvgIpc) is 2.96. The Bertz CT molecular complexity index is 884. The second-order valence-electron chi connectivity index (χ2n) is 6.62. The molecule has 4 nitrogen and oxygen atoms in total. The number of aromatic amines is 1. The lowest BCUT2D eigenvalue weighted by atomic mass is 9.85. The van der Waals surface area contributed by atoms with Crippen molar-refractivity contribution in [2.75, 3.05) is 11.9 Å². The Balaban J connectivity index is 1.63. The SMILES string of the molecule is CC1(CC(=O)Nc2ccccc2)NCCc2c1[nH]c1ccccc21. The fraction of sp³-hybridized carbons (Fsp3) is 0.250. The highest BCUT2D eigenvalue weighted by Crippen LogP contribution is 2.35. The van der Waals surface area contributed by atoms with E-state index in [0.717, 1.165) is 29.9 Å². The molecule has 1 aromatic heterocycles. The highest BCUT2D eigenvalue weighted by molar-refractivity contribution is 5.92. The van der Waals surface area contributed by atoms with Gasteiger partial charge in [-0.2, -0.15) is 0 Å². The van der Waals surface area contributed by atoms with Crippen LogP contribution in [0.3, 0.4) is 0 Å². The van der Waals surface area contributed by atoms with Gasteiger partial charge >= 0.3 is 0 Å². The van der Waals surface area contributed by atoms with Crippen LogP contribution >= 0.6 is 0 Å². The van der Waals surface area contributed by atoms with Gasteiger partial charge < -0.3 is 15.6 Å².